The Labute approximate surface area is 136 Å². The van der Waals surface area contributed by atoms with Gasteiger partial charge in [0.05, 0.1) is 13.7 Å². The van der Waals surface area contributed by atoms with E-state index in [0.29, 0.717) is 6.54 Å². The average molecular weight is 342 g/mol. The van der Waals surface area contributed by atoms with E-state index in [4.69, 9.17) is 9.47 Å². The Bertz CT molecular complexity index is 687. The van der Waals surface area contributed by atoms with Crippen LogP contribution in [-0.2, 0) is 14.8 Å². The van der Waals surface area contributed by atoms with Gasteiger partial charge in [-0.25, -0.2) is 17.9 Å². The van der Waals surface area contributed by atoms with Crippen LogP contribution in [0, 0.1) is 6.92 Å². The Hall–Kier alpha value is -1.80. The molecule has 0 radical (unpaired) electrons. The molecule has 1 atom stereocenters. The molecule has 1 heterocycles. The van der Waals surface area contributed by atoms with Gasteiger partial charge >= 0.3 is 6.09 Å². The molecule has 0 bridgehead atoms. The van der Waals surface area contributed by atoms with Crippen molar-refractivity contribution in [3.63, 3.8) is 0 Å². The van der Waals surface area contributed by atoms with Gasteiger partial charge in [0.1, 0.15) is 16.7 Å². The number of aryl methyl sites for hydroxylation is 1. The summed E-state index contributed by atoms with van der Waals surface area (Å²) in [6.07, 6.45) is -0.923. The van der Waals surface area contributed by atoms with Gasteiger partial charge in [0, 0.05) is 12.6 Å². The van der Waals surface area contributed by atoms with Gasteiger partial charge in [0.25, 0.3) is 0 Å². The lowest BCUT2D eigenvalue weighted by molar-refractivity contribution is 0.130. The standard InChI is InChI=1S/C15H22N2O5S/c1-10(2)17-9-12(22-15(17)18)8-16-23(19,20)14-7-11(3)5-6-13(14)21-4/h5-7,10,12,16H,8-9H2,1-4H3. The summed E-state index contributed by atoms with van der Waals surface area (Å²) in [4.78, 5) is 13.3. The number of nitrogens with zero attached hydrogens (tertiary/aromatic N) is 1. The van der Waals surface area contributed by atoms with Crippen molar-refractivity contribution in [1.29, 1.82) is 0 Å². The molecule has 23 heavy (non-hydrogen) atoms. The summed E-state index contributed by atoms with van der Waals surface area (Å²) < 4.78 is 37.7. The van der Waals surface area contributed by atoms with E-state index in [1.54, 1.807) is 30.0 Å². The first kappa shape index (κ1) is 17.6. The summed E-state index contributed by atoms with van der Waals surface area (Å²) >= 11 is 0. The molecule has 7 nitrogen and oxygen atoms in total. The molecule has 1 aromatic rings. The number of methoxy groups -OCH3 is 1. The van der Waals surface area contributed by atoms with Crippen LogP contribution < -0.4 is 9.46 Å². The molecule has 1 N–H and O–H groups in total. The highest BCUT2D eigenvalue weighted by Crippen LogP contribution is 2.24. The Morgan fingerprint density at radius 2 is 2.13 bits per heavy atom. The van der Waals surface area contributed by atoms with Crippen molar-refractivity contribution in [2.45, 2.75) is 37.8 Å². The van der Waals surface area contributed by atoms with E-state index < -0.39 is 22.2 Å². The smallest absolute Gasteiger partial charge is 0.410 e. The molecule has 0 saturated carbocycles. The molecule has 1 saturated heterocycles. The average Bonchev–Trinajstić information content (AvgIpc) is 2.86. The number of carbonyl (C=O) groups is 1. The van der Waals surface area contributed by atoms with Crippen molar-refractivity contribution in [3.8, 4) is 5.75 Å². The lowest BCUT2D eigenvalue weighted by atomic mass is 10.2. The Balaban J connectivity index is 2.09. The number of hydrogen-bond donors (Lipinski definition) is 1. The van der Waals surface area contributed by atoms with Crippen molar-refractivity contribution in [2.75, 3.05) is 20.2 Å². The molecular formula is C15H22N2O5S. The molecule has 1 aliphatic heterocycles. The first-order valence-electron chi connectivity index (χ1n) is 7.36. The highest BCUT2D eigenvalue weighted by molar-refractivity contribution is 7.89. The molecule has 0 aliphatic carbocycles. The molecular weight excluding hydrogens is 320 g/mol. The number of benzene rings is 1. The van der Waals surface area contributed by atoms with E-state index in [-0.39, 0.29) is 23.2 Å². The summed E-state index contributed by atoms with van der Waals surface area (Å²) in [5, 5.41) is 0. The zero-order valence-corrected chi connectivity index (χ0v) is 14.5. The summed E-state index contributed by atoms with van der Waals surface area (Å²) in [5.41, 5.74) is 0.810. The van der Waals surface area contributed by atoms with Gasteiger partial charge in [-0.05, 0) is 38.5 Å². The van der Waals surface area contributed by atoms with Gasteiger partial charge in [-0.1, -0.05) is 6.07 Å². The predicted octanol–water partition coefficient (Wildman–Crippen LogP) is 1.51. The molecule has 1 aromatic carbocycles. The summed E-state index contributed by atoms with van der Waals surface area (Å²) in [6, 6.07) is 4.94. The first-order chi connectivity index (χ1) is 10.7. The quantitative estimate of drug-likeness (QED) is 0.847. The van der Waals surface area contributed by atoms with Crippen LogP contribution in [0.1, 0.15) is 19.4 Å². The van der Waals surface area contributed by atoms with Gasteiger partial charge in [-0.2, -0.15) is 0 Å². The van der Waals surface area contributed by atoms with Crippen LogP contribution in [0.5, 0.6) is 5.75 Å². The maximum Gasteiger partial charge on any atom is 0.410 e. The van der Waals surface area contributed by atoms with E-state index in [9.17, 15) is 13.2 Å². The van der Waals surface area contributed by atoms with Crippen LogP contribution in [0.3, 0.4) is 0 Å². The first-order valence-corrected chi connectivity index (χ1v) is 8.84. The van der Waals surface area contributed by atoms with Crippen LogP contribution in [0.4, 0.5) is 4.79 Å². The Morgan fingerprint density at radius 1 is 1.43 bits per heavy atom. The third kappa shape index (κ3) is 3.94. The zero-order valence-electron chi connectivity index (χ0n) is 13.7. The Kier molecular flexibility index (Phi) is 5.16. The maximum absolute atomic E-state index is 12.5. The van der Waals surface area contributed by atoms with Crippen LogP contribution >= 0.6 is 0 Å². The minimum Gasteiger partial charge on any atom is -0.495 e. The number of carbonyl (C=O) groups excluding carboxylic acids is 1. The van der Waals surface area contributed by atoms with E-state index in [1.165, 1.54) is 7.11 Å². The van der Waals surface area contributed by atoms with Crippen LogP contribution in [-0.4, -0.2) is 51.8 Å². The van der Waals surface area contributed by atoms with E-state index in [2.05, 4.69) is 4.72 Å². The van der Waals surface area contributed by atoms with Gasteiger partial charge in [-0.15, -0.1) is 0 Å². The number of hydrogen-bond acceptors (Lipinski definition) is 5. The zero-order chi connectivity index (χ0) is 17.2. The van der Waals surface area contributed by atoms with Crippen LogP contribution in [0.15, 0.2) is 23.1 Å². The number of cyclic esters (lactones) is 1. The van der Waals surface area contributed by atoms with E-state index in [1.807, 2.05) is 13.8 Å². The van der Waals surface area contributed by atoms with Crippen molar-refractivity contribution in [3.05, 3.63) is 23.8 Å². The third-order valence-electron chi connectivity index (χ3n) is 3.64. The van der Waals surface area contributed by atoms with Gasteiger partial charge < -0.3 is 14.4 Å². The number of sulfonamides is 1. The lowest BCUT2D eigenvalue weighted by Gasteiger charge is -2.17. The predicted molar refractivity (Wildman–Crippen MR) is 85.0 cm³/mol. The van der Waals surface area contributed by atoms with Crippen molar-refractivity contribution in [1.82, 2.24) is 9.62 Å². The molecule has 2 rings (SSSR count). The number of rotatable bonds is 6. The number of nitrogens with one attached hydrogen (secondary N) is 1. The molecule has 0 spiro atoms. The van der Waals surface area contributed by atoms with Crippen molar-refractivity contribution < 1.29 is 22.7 Å². The van der Waals surface area contributed by atoms with E-state index >= 15 is 0 Å². The number of amides is 1. The number of ether oxygens (including phenoxy) is 2. The van der Waals surface area contributed by atoms with E-state index in [0.717, 1.165) is 5.56 Å². The molecule has 1 unspecified atom stereocenters. The van der Waals surface area contributed by atoms with Gasteiger partial charge in [0.2, 0.25) is 10.0 Å². The second kappa shape index (κ2) is 6.76. The monoisotopic (exact) mass is 342 g/mol. The molecule has 1 amide bonds. The minimum absolute atomic E-state index is 0.0148. The SMILES string of the molecule is COc1ccc(C)cc1S(=O)(=O)NCC1CN(C(C)C)C(=O)O1. The lowest BCUT2D eigenvalue weighted by Crippen LogP contribution is -2.36. The highest BCUT2D eigenvalue weighted by Gasteiger charge is 2.33. The minimum atomic E-state index is -3.75. The molecule has 1 aliphatic rings. The maximum atomic E-state index is 12.5. The second-order valence-corrected chi connectivity index (χ2v) is 7.49. The Morgan fingerprint density at radius 3 is 2.70 bits per heavy atom. The summed E-state index contributed by atoms with van der Waals surface area (Å²) in [5.74, 6) is 0.273. The summed E-state index contributed by atoms with van der Waals surface area (Å²) in [6.45, 7) is 5.95. The topological polar surface area (TPSA) is 84.9 Å². The fourth-order valence-corrected chi connectivity index (χ4v) is 3.66. The normalized spacial score (nSPS) is 18.4. The fourth-order valence-electron chi connectivity index (χ4n) is 2.34. The van der Waals surface area contributed by atoms with Crippen LogP contribution in [0.2, 0.25) is 0 Å². The fraction of sp³-hybridized carbons (Fsp3) is 0.533. The molecule has 8 heteroatoms. The molecule has 128 valence electrons. The van der Waals surface area contributed by atoms with Crippen molar-refractivity contribution in [2.24, 2.45) is 0 Å². The highest BCUT2D eigenvalue weighted by atomic mass is 32.2. The largest absolute Gasteiger partial charge is 0.495 e. The second-order valence-electron chi connectivity index (χ2n) is 5.76. The molecule has 1 fully saturated rings. The summed E-state index contributed by atoms with van der Waals surface area (Å²) in [7, 11) is -2.33. The third-order valence-corrected chi connectivity index (χ3v) is 5.08. The molecule has 0 aromatic heterocycles. The van der Waals surface area contributed by atoms with Crippen LogP contribution in [0.25, 0.3) is 0 Å². The van der Waals surface area contributed by atoms with Gasteiger partial charge in [-0.3, -0.25) is 0 Å². The van der Waals surface area contributed by atoms with Gasteiger partial charge in [0.15, 0.2) is 0 Å². The van der Waals surface area contributed by atoms with Crippen molar-refractivity contribution >= 4 is 16.1 Å².